The highest BCUT2D eigenvalue weighted by molar-refractivity contribution is 5.97. The Kier molecular flexibility index (Phi) is 7.96. The number of ether oxygens (including phenoxy) is 1. The lowest BCUT2D eigenvalue weighted by atomic mass is 10.1. The van der Waals surface area contributed by atoms with Crippen LogP contribution in [-0.4, -0.2) is 44.8 Å². The van der Waals surface area contributed by atoms with Gasteiger partial charge in [-0.15, -0.1) is 11.8 Å². The van der Waals surface area contributed by atoms with Crippen molar-refractivity contribution in [2.75, 3.05) is 37.7 Å². The fourth-order valence-corrected chi connectivity index (χ4v) is 4.98. The molecule has 1 aromatic heterocycles. The van der Waals surface area contributed by atoms with Crippen molar-refractivity contribution in [3.8, 4) is 11.8 Å². The first kappa shape index (κ1) is 24.6. The summed E-state index contributed by atoms with van der Waals surface area (Å²) in [5.41, 5.74) is 0.640. The van der Waals surface area contributed by atoms with E-state index in [9.17, 15) is 14.4 Å². The van der Waals surface area contributed by atoms with Gasteiger partial charge in [0.2, 0.25) is 0 Å². The molecular formula is C27H33N3O5. The van der Waals surface area contributed by atoms with Gasteiger partial charge in [0.1, 0.15) is 11.1 Å². The molecule has 2 aliphatic carbocycles. The SMILES string of the molecule is CCN(CC)c1ccc2cc(C(=O)NCCNC(=O)OCC3[C@H]4CCC#CCC[C@@H]34)c(=O)oc2c1. The molecule has 4 rings (SSSR count). The van der Waals surface area contributed by atoms with Crippen LogP contribution in [-0.2, 0) is 4.74 Å². The van der Waals surface area contributed by atoms with Crippen LogP contribution in [0.3, 0.4) is 0 Å². The van der Waals surface area contributed by atoms with Gasteiger partial charge in [-0.2, -0.15) is 0 Å². The van der Waals surface area contributed by atoms with Crippen LogP contribution in [0.2, 0.25) is 0 Å². The summed E-state index contributed by atoms with van der Waals surface area (Å²) < 4.78 is 10.8. The van der Waals surface area contributed by atoms with Gasteiger partial charge in [-0.1, -0.05) is 0 Å². The molecule has 0 radical (unpaired) electrons. The van der Waals surface area contributed by atoms with Crippen molar-refractivity contribution in [1.29, 1.82) is 0 Å². The predicted octanol–water partition coefficient (Wildman–Crippen LogP) is 3.53. The van der Waals surface area contributed by atoms with Crippen molar-refractivity contribution >= 4 is 28.7 Å². The zero-order valence-corrected chi connectivity index (χ0v) is 20.4. The van der Waals surface area contributed by atoms with Crippen LogP contribution >= 0.6 is 0 Å². The Morgan fingerprint density at radius 3 is 2.43 bits per heavy atom. The van der Waals surface area contributed by atoms with Gasteiger partial charge >= 0.3 is 11.7 Å². The number of amides is 2. The number of benzene rings is 1. The van der Waals surface area contributed by atoms with E-state index < -0.39 is 17.6 Å². The Balaban J connectivity index is 1.22. The summed E-state index contributed by atoms with van der Waals surface area (Å²) in [6.07, 6.45) is 3.52. The molecule has 3 atom stereocenters. The fourth-order valence-electron chi connectivity index (χ4n) is 4.98. The minimum atomic E-state index is -0.693. The molecule has 1 saturated carbocycles. The number of anilines is 1. The van der Waals surface area contributed by atoms with Crippen molar-refractivity contribution in [3.05, 3.63) is 40.2 Å². The lowest BCUT2D eigenvalue weighted by Gasteiger charge is -2.21. The number of nitrogens with zero attached hydrogens (tertiary/aromatic N) is 1. The third kappa shape index (κ3) is 5.97. The minimum absolute atomic E-state index is 0.0668. The Morgan fingerprint density at radius 1 is 1.06 bits per heavy atom. The van der Waals surface area contributed by atoms with Crippen LogP contribution in [0, 0.1) is 29.6 Å². The van der Waals surface area contributed by atoms with Gasteiger partial charge in [0.25, 0.3) is 5.91 Å². The lowest BCUT2D eigenvalue weighted by molar-refractivity contribution is 0.0948. The topological polar surface area (TPSA) is 101 Å². The molecule has 35 heavy (non-hydrogen) atoms. The number of alkyl carbamates (subject to hydrolysis) is 1. The number of fused-ring (bicyclic) bond motifs is 2. The molecule has 1 unspecified atom stereocenters. The molecule has 8 nitrogen and oxygen atoms in total. The molecule has 2 N–H and O–H groups in total. The molecule has 0 spiro atoms. The molecule has 2 aliphatic rings. The number of rotatable bonds is 9. The van der Waals surface area contributed by atoms with E-state index in [1.807, 2.05) is 18.2 Å². The van der Waals surface area contributed by atoms with Crippen LogP contribution in [0.5, 0.6) is 0 Å². The van der Waals surface area contributed by atoms with Gasteiger partial charge in [-0.3, -0.25) is 4.79 Å². The Morgan fingerprint density at radius 2 is 1.74 bits per heavy atom. The summed E-state index contributed by atoms with van der Waals surface area (Å²) in [5.74, 6) is 7.48. The van der Waals surface area contributed by atoms with E-state index in [1.54, 1.807) is 0 Å². The van der Waals surface area contributed by atoms with Gasteiger partial charge in [-0.05, 0) is 62.6 Å². The summed E-state index contributed by atoms with van der Waals surface area (Å²) >= 11 is 0. The van der Waals surface area contributed by atoms with Crippen LogP contribution in [0.25, 0.3) is 11.0 Å². The average Bonchev–Trinajstić information content (AvgIpc) is 3.49. The maximum absolute atomic E-state index is 12.5. The third-order valence-electron chi connectivity index (χ3n) is 7.02. The molecule has 1 fully saturated rings. The molecule has 186 valence electrons. The predicted molar refractivity (Wildman–Crippen MR) is 134 cm³/mol. The third-order valence-corrected chi connectivity index (χ3v) is 7.02. The monoisotopic (exact) mass is 479 g/mol. The van der Waals surface area contributed by atoms with Crippen molar-refractivity contribution in [1.82, 2.24) is 10.6 Å². The number of carbonyl (C=O) groups excluding carboxylic acids is 2. The maximum Gasteiger partial charge on any atom is 0.407 e. The van der Waals surface area contributed by atoms with E-state index in [4.69, 9.17) is 9.15 Å². The quantitative estimate of drug-likeness (QED) is 0.324. The van der Waals surface area contributed by atoms with E-state index >= 15 is 0 Å². The largest absolute Gasteiger partial charge is 0.449 e. The van der Waals surface area contributed by atoms with E-state index in [2.05, 4.69) is 41.2 Å². The summed E-state index contributed by atoms with van der Waals surface area (Å²) in [6, 6.07) is 7.13. The number of hydrogen-bond donors (Lipinski definition) is 2. The molecule has 0 aliphatic heterocycles. The second-order valence-electron chi connectivity index (χ2n) is 9.05. The summed E-state index contributed by atoms with van der Waals surface area (Å²) in [7, 11) is 0. The van der Waals surface area contributed by atoms with Crippen molar-refractivity contribution in [2.45, 2.75) is 39.5 Å². The van der Waals surface area contributed by atoms with Crippen LogP contribution < -0.4 is 21.2 Å². The van der Waals surface area contributed by atoms with Crippen LogP contribution in [0.1, 0.15) is 49.9 Å². The average molecular weight is 480 g/mol. The second-order valence-corrected chi connectivity index (χ2v) is 9.05. The van der Waals surface area contributed by atoms with Gasteiger partial charge in [0, 0.05) is 56.2 Å². The maximum atomic E-state index is 12.5. The van der Waals surface area contributed by atoms with Crippen molar-refractivity contribution < 1.29 is 18.7 Å². The summed E-state index contributed by atoms with van der Waals surface area (Å²) in [5, 5.41) is 5.96. The zero-order chi connectivity index (χ0) is 24.8. The van der Waals surface area contributed by atoms with Crippen LogP contribution in [0.4, 0.5) is 10.5 Å². The van der Waals surface area contributed by atoms with Crippen molar-refractivity contribution in [2.24, 2.45) is 17.8 Å². The molecule has 1 heterocycles. The Labute approximate surface area is 205 Å². The molecule has 0 saturated heterocycles. The highest BCUT2D eigenvalue weighted by Gasteiger charge is 2.49. The standard InChI is InChI=1S/C27H33N3O5/c1-3-30(4-2)19-12-11-18-15-22(26(32)35-24(18)16-19)25(31)28-13-14-29-27(33)34-17-23-20-9-7-5-6-8-10-21(20)23/h11-12,15-16,20-21,23H,3-4,7-10,13-14,17H2,1-2H3,(H,28,31)(H,29,33)/t20-,21+,23?. The number of hydrogen-bond acceptors (Lipinski definition) is 6. The lowest BCUT2D eigenvalue weighted by Crippen LogP contribution is -2.36. The first-order valence-electron chi connectivity index (χ1n) is 12.5. The number of carbonyl (C=O) groups is 2. The Bertz CT molecular complexity index is 1170. The molecular weight excluding hydrogens is 446 g/mol. The van der Waals surface area contributed by atoms with E-state index in [-0.39, 0.29) is 18.7 Å². The van der Waals surface area contributed by atoms with Crippen LogP contribution in [0.15, 0.2) is 33.5 Å². The Hall–Kier alpha value is -3.47. The van der Waals surface area contributed by atoms with Gasteiger partial charge in [-0.25, -0.2) is 9.59 Å². The molecule has 2 aromatic rings. The second kappa shape index (κ2) is 11.3. The molecule has 0 bridgehead atoms. The normalized spacial score (nSPS) is 20.5. The highest BCUT2D eigenvalue weighted by Crippen LogP contribution is 2.52. The molecule has 1 aromatic carbocycles. The first-order valence-corrected chi connectivity index (χ1v) is 12.5. The smallest absolute Gasteiger partial charge is 0.407 e. The first-order chi connectivity index (χ1) is 17.0. The minimum Gasteiger partial charge on any atom is -0.449 e. The molecule has 2 amide bonds. The summed E-state index contributed by atoms with van der Waals surface area (Å²) in [4.78, 5) is 39.1. The van der Waals surface area contributed by atoms with E-state index in [0.29, 0.717) is 35.3 Å². The van der Waals surface area contributed by atoms with Gasteiger partial charge in [0.05, 0.1) is 6.61 Å². The van der Waals surface area contributed by atoms with Gasteiger partial charge < -0.3 is 24.7 Å². The molecule has 8 heteroatoms. The fraction of sp³-hybridized carbons (Fsp3) is 0.519. The van der Waals surface area contributed by atoms with Gasteiger partial charge in [0.15, 0.2) is 0 Å². The van der Waals surface area contributed by atoms with E-state index in [1.165, 1.54) is 6.07 Å². The zero-order valence-electron chi connectivity index (χ0n) is 20.4. The van der Waals surface area contributed by atoms with Crippen molar-refractivity contribution in [3.63, 3.8) is 0 Å². The highest BCUT2D eigenvalue weighted by atomic mass is 16.5. The summed E-state index contributed by atoms with van der Waals surface area (Å²) in [6.45, 7) is 6.57. The number of nitrogens with one attached hydrogen (secondary N) is 2. The van der Waals surface area contributed by atoms with E-state index in [0.717, 1.165) is 44.5 Å².